The van der Waals surface area contributed by atoms with Gasteiger partial charge in [-0.1, -0.05) is 31.2 Å². The highest BCUT2D eigenvalue weighted by molar-refractivity contribution is 5.29. The Kier molecular flexibility index (Phi) is 5.69. The summed E-state index contributed by atoms with van der Waals surface area (Å²) in [6, 6.07) is 11.2. The Balaban J connectivity index is 2.02. The summed E-state index contributed by atoms with van der Waals surface area (Å²) in [7, 11) is 0. The molecule has 0 saturated carbocycles. The molecule has 0 bridgehead atoms. The summed E-state index contributed by atoms with van der Waals surface area (Å²) in [4.78, 5) is 0. The van der Waals surface area contributed by atoms with Crippen LogP contribution in [0.3, 0.4) is 0 Å². The predicted octanol–water partition coefficient (Wildman–Crippen LogP) is 4.04. The molecular weight excluding hydrogens is 272 g/mol. The van der Waals surface area contributed by atoms with Gasteiger partial charge in [-0.15, -0.1) is 0 Å². The molecule has 112 valence electrons. The molecule has 1 N–H and O–H groups in total. The van der Waals surface area contributed by atoms with Gasteiger partial charge in [-0.25, -0.2) is 8.78 Å². The zero-order valence-corrected chi connectivity index (χ0v) is 12.0. The van der Waals surface area contributed by atoms with E-state index >= 15 is 0 Å². The van der Waals surface area contributed by atoms with Crippen LogP contribution >= 0.6 is 0 Å². The van der Waals surface area contributed by atoms with Gasteiger partial charge in [-0.05, 0) is 36.2 Å². The van der Waals surface area contributed by atoms with Crippen LogP contribution in [0.15, 0.2) is 42.5 Å². The third-order valence-electron chi connectivity index (χ3n) is 3.14. The van der Waals surface area contributed by atoms with E-state index in [1.54, 1.807) is 0 Å². The Morgan fingerprint density at radius 1 is 1.05 bits per heavy atom. The molecule has 2 nitrogen and oxygen atoms in total. The molecule has 0 saturated heterocycles. The molecule has 0 aromatic heterocycles. The van der Waals surface area contributed by atoms with Crippen LogP contribution in [0.5, 0.6) is 5.75 Å². The Hall–Kier alpha value is -1.94. The molecular formula is C17H19F2NO. The van der Waals surface area contributed by atoms with E-state index in [-0.39, 0.29) is 12.4 Å². The van der Waals surface area contributed by atoms with E-state index in [9.17, 15) is 8.78 Å². The molecule has 0 aliphatic heterocycles. The minimum Gasteiger partial charge on any atom is -0.486 e. The molecule has 4 heteroatoms. The van der Waals surface area contributed by atoms with Gasteiger partial charge in [0, 0.05) is 12.6 Å². The maximum Gasteiger partial charge on any atom is 0.167 e. The zero-order chi connectivity index (χ0) is 15.1. The van der Waals surface area contributed by atoms with E-state index in [1.807, 2.05) is 24.3 Å². The van der Waals surface area contributed by atoms with Crippen molar-refractivity contribution in [3.63, 3.8) is 0 Å². The first-order valence-electron chi connectivity index (χ1n) is 7.06. The fourth-order valence-corrected chi connectivity index (χ4v) is 2.02. The third-order valence-corrected chi connectivity index (χ3v) is 3.14. The van der Waals surface area contributed by atoms with E-state index in [0.717, 1.165) is 36.7 Å². The van der Waals surface area contributed by atoms with Crippen molar-refractivity contribution < 1.29 is 13.5 Å². The fraction of sp³-hybridized carbons (Fsp3) is 0.294. The van der Waals surface area contributed by atoms with Gasteiger partial charge in [0.2, 0.25) is 0 Å². The second kappa shape index (κ2) is 7.74. The Morgan fingerprint density at radius 3 is 2.52 bits per heavy atom. The molecule has 21 heavy (non-hydrogen) atoms. The van der Waals surface area contributed by atoms with Crippen molar-refractivity contribution >= 4 is 0 Å². The summed E-state index contributed by atoms with van der Waals surface area (Å²) in [5, 5.41) is 3.33. The second-order valence-electron chi connectivity index (χ2n) is 4.81. The summed E-state index contributed by atoms with van der Waals surface area (Å²) < 4.78 is 31.8. The van der Waals surface area contributed by atoms with E-state index in [4.69, 9.17) is 4.74 Å². The number of rotatable bonds is 7. The van der Waals surface area contributed by atoms with Crippen molar-refractivity contribution in [2.45, 2.75) is 26.5 Å². The Morgan fingerprint density at radius 2 is 1.81 bits per heavy atom. The predicted molar refractivity (Wildman–Crippen MR) is 79.1 cm³/mol. The van der Waals surface area contributed by atoms with Gasteiger partial charge in [0.25, 0.3) is 0 Å². The van der Waals surface area contributed by atoms with Gasteiger partial charge < -0.3 is 10.1 Å². The average molecular weight is 291 g/mol. The lowest BCUT2D eigenvalue weighted by atomic mass is 10.1. The van der Waals surface area contributed by atoms with E-state index in [0.29, 0.717) is 0 Å². The number of halogens is 2. The normalized spacial score (nSPS) is 10.6. The molecule has 2 rings (SSSR count). The highest BCUT2D eigenvalue weighted by atomic mass is 19.1. The number of ether oxygens (including phenoxy) is 1. The summed E-state index contributed by atoms with van der Waals surface area (Å²) in [5.41, 5.74) is 2.11. The Bertz CT molecular complexity index is 587. The lowest BCUT2D eigenvalue weighted by Gasteiger charge is -2.12. The quantitative estimate of drug-likeness (QED) is 0.777. The van der Waals surface area contributed by atoms with Gasteiger partial charge >= 0.3 is 0 Å². The molecule has 0 spiro atoms. The highest BCUT2D eigenvalue weighted by Crippen LogP contribution is 2.20. The summed E-state index contributed by atoms with van der Waals surface area (Å²) in [6.45, 7) is 4.06. The van der Waals surface area contributed by atoms with Crippen LogP contribution < -0.4 is 10.1 Å². The van der Waals surface area contributed by atoms with Crippen LogP contribution in [0.1, 0.15) is 24.5 Å². The molecule has 0 radical (unpaired) electrons. The van der Waals surface area contributed by atoms with E-state index in [1.165, 1.54) is 12.1 Å². The van der Waals surface area contributed by atoms with E-state index in [2.05, 4.69) is 12.2 Å². The van der Waals surface area contributed by atoms with Gasteiger partial charge in [0.05, 0.1) is 0 Å². The maximum atomic E-state index is 13.5. The van der Waals surface area contributed by atoms with Crippen LogP contribution in [0.25, 0.3) is 0 Å². The van der Waals surface area contributed by atoms with Gasteiger partial charge in [0.1, 0.15) is 12.4 Å². The monoisotopic (exact) mass is 291 g/mol. The lowest BCUT2D eigenvalue weighted by molar-refractivity contribution is 0.288. The largest absolute Gasteiger partial charge is 0.486 e. The van der Waals surface area contributed by atoms with Crippen LogP contribution in [0.2, 0.25) is 0 Å². The van der Waals surface area contributed by atoms with Crippen LogP contribution in [0.4, 0.5) is 8.78 Å². The topological polar surface area (TPSA) is 21.3 Å². The third kappa shape index (κ3) is 4.53. The summed E-state index contributed by atoms with van der Waals surface area (Å²) in [5.74, 6) is -1.23. The molecule has 0 aliphatic carbocycles. The molecule has 2 aromatic carbocycles. The fourth-order valence-electron chi connectivity index (χ4n) is 2.02. The minimum absolute atomic E-state index is 0.0627. The molecule has 0 atom stereocenters. The van der Waals surface area contributed by atoms with Gasteiger partial charge in [-0.3, -0.25) is 0 Å². The van der Waals surface area contributed by atoms with Crippen molar-refractivity contribution in [3.05, 3.63) is 65.2 Å². The molecule has 0 fully saturated rings. The van der Waals surface area contributed by atoms with Crippen LogP contribution in [-0.4, -0.2) is 6.54 Å². The van der Waals surface area contributed by atoms with Crippen molar-refractivity contribution in [2.24, 2.45) is 0 Å². The standard InChI is InChI=1S/C17H19F2NO/c1-2-9-20-11-13-5-3-4-6-14(13)12-21-17-8-7-15(18)10-16(17)19/h3-8,10,20H,2,9,11-12H2,1H3. The smallest absolute Gasteiger partial charge is 0.167 e. The minimum atomic E-state index is -0.684. The van der Waals surface area contributed by atoms with Crippen LogP contribution in [-0.2, 0) is 13.2 Å². The van der Waals surface area contributed by atoms with Crippen molar-refractivity contribution in [2.75, 3.05) is 6.54 Å². The number of hydrogen-bond acceptors (Lipinski definition) is 2. The molecule has 0 unspecified atom stereocenters. The second-order valence-corrected chi connectivity index (χ2v) is 4.81. The SMILES string of the molecule is CCCNCc1ccccc1COc1ccc(F)cc1F. The number of nitrogens with one attached hydrogen (secondary N) is 1. The van der Waals surface area contributed by atoms with Crippen molar-refractivity contribution in [1.82, 2.24) is 5.32 Å². The first kappa shape index (κ1) is 15.4. The summed E-state index contributed by atoms with van der Waals surface area (Å²) in [6.07, 6.45) is 1.07. The van der Waals surface area contributed by atoms with Crippen molar-refractivity contribution in [1.29, 1.82) is 0 Å². The molecule has 0 heterocycles. The average Bonchev–Trinajstić information content (AvgIpc) is 2.48. The summed E-state index contributed by atoms with van der Waals surface area (Å²) >= 11 is 0. The highest BCUT2D eigenvalue weighted by Gasteiger charge is 2.07. The van der Waals surface area contributed by atoms with E-state index < -0.39 is 11.6 Å². The first-order chi connectivity index (χ1) is 10.2. The lowest BCUT2D eigenvalue weighted by Crippen LogP contribution is -2.15. The van der Waals surface area contributed by atoms with Gasteiger partial charge in [0.15, 0.2) is 11.6 Å². The molecule has 0 aliphatic rings. The van der Waals surface area contributed by atoms with Crippen molar-refractivity contribution in [3.8, 4) is 5.75 Å². The zero-order valence-electron chi connectivity index (χ0n) is 12.0. The maximum absolute atomic E-state index is 13.5. The molecule has 2 aromatic rings. The number of benzene rings is 2. The Labute approximate surface area is 123 Å². The first-order valence-corrected chi connectivity index (χ1v) is 7.06. The molecule has 0 amide bonds. The number of hydrogen-bond donors (Lipinski definition) is 1. The van der Waals surface area contributed by atoms with Crippen LogP contribution in [0, 0.1) is 11.6 Å². The van der Waals surface area contributed by atoms with Gasteiger partial charge in [-0.2, -0.15) is 0 Å².